The van der Waals surface area contributed by atoms with Crippen molar-refractivity contribution in [3.63, 3.8) is 0 Å². The molecule has 0 amide bonds. The summed E-state index contributed by atoms with van der Waals surface area (Å²) in [5.74, 6) is 0.435. The number of hydrogen-bond acceptors (Lipinski definition) is 3. The van der Waals surface area contributed by atoms with Gasteiger partial charge in [-0.3, -0.25) is 9.98 Å². The van der Waals surface area contributed by atoms with Crippen LogP contribution in [0.2, 0.25) is 0 Å². The van der Waals surface area contributed by atoms with Crippen LogP contribution < -0.4 is 4.90 Å². The van der Waals surface area contributed by atoms with Crippen molar-refractivity contribution in [2.45, 2.75) is 53.1 Å². The monoisotopic (exact) mass is 321 g/mol. The zero-order valence-electron chi connectivity index (χ0n) is 15.8. The SMILES string of the molecule is Cc1cc(C2=NC(C)(C)N(C)c3c(C)cccc32)cnc1C(C)C. The summed E-state index contributed by atoms with van der Waals surface area (Å²) in [7, 11) is 2.12. The Labute approximate surface area is 145 Å². The third-order valence-electron chi connectivity index (χ3n) is 4.97. The summed E-state index contributed by atoms with van der Waals surface area (Å²) in [6.07, 6.45) is 1.98. The molecule has 126 valence electrons. The molecule has 0 radical (unpaired) electrons. The largest absolute Gasteiger partial charge is 0.350 e. The highest BCUT2D eigenvalue weighted by Crippen LogP contribution is 2.37. The predicted octanol–water partition coefficient (Wildman–Crippen LogP) is 4.85. The first-order chi connectivity index (χ1) is 11.2. The van der Waals surface area contributed by atoms with Crippen LogP contribution >= 0.6 is 0 Å². The van der Waals surface area contributed by atoms with E-state index >= 15 is 0 Å². The number of aromatic nitrogens is 1. The minimum absolute atomic E-state index is 0.279. The molecule has 1 aromatic heterocycles. The van der Waals surface area contributed by atoms with E-state index in [1.165, 1.54) is 22.4 Å². The van der Waals surface area contributed by atoms with Gasteiger partial charge >= 0.3 is 0 Å². The van der Waals surface area contributed by atoms with Gasteiger partial charge in [0.1, 0.15) is 5.66 Å². The molecular formula is C21H27N3. The van der Waals surface area contributed by atoms with Gasteiger partial charge in [-0.1, -0.05) is 32.0 Å². The van der Waals surface area contributed by atoms with Crippen molar-refractivity contribution in [2.24, 2.45) is 4.99 Å². The predicted molar refractivity (Wildman–Crippen MR) is 102 cm³/mol. The van der Waals surface area contributed by atoms with Gasteiger partial charge in [-0.25, -0.2) is 0 Å². The molecule has 0 spiro atoms. The molecule has 0 bridgehead atoms. The van der Waals surface area contributed by atoms with E-state index in [2.05, 4.69) is 77.8 Å². The Kier molecular flexibility index (Phi) is 3.98. The molecule has 24 heavy (non-hydrogen) atoms. The molecule has 0 N–H and O–H groups in total. The van der Waals surface area contributed by atoms with Gasteiger partial charge in [0.05, 0.1) is 11.4 Å². The van der Waals surface area contributed by atoms with Gasteiger partial charge in [-0.15, -0.1) is 0 Å². The third kappa shape index (κ3) is 2.62. The number of benzene rings is 1. The molecule has 2 aromatic rings. The highest BCUT2D eigenvalue weighted by molar-refractivity contribution is 6.17. The van der Waals surface area contributed by atoms with E-state index in [-0.39, 0.29) is 5.66 Å². The summed E-state index contributed by atoms with van der Waals surface area (Å²) in [5, 5.41) is 0. The molecule has 0 aliphatic carbocycles. The average Bonchev–Trinajstić information content (AvgIpc) is 2.50. The van der Waals surface area contributed by atoms with Crippen LogP contribution in [0.1, 0.15) is 61.6 Å². The number of pyridine rings is 1. The fourth-order valence-electron chi connectivity index (χ4n) is 3.52. The second kappa shape index (κ2) is 5.73. The van der Waals surface area contributed by atoms with Gasteiger partial charge in [0.2, 0.25) is 0 Å². The molecule has 1 aliphatic heterocycles. The van der Waals surface area contributed by atoms with E-state index in [0.717, 1.165) is 17.0 Å². The Morgan fingerprint density at radius 2 is 1.79 bits per heavy atom. The van der Waals surface area contributed by atoms with Gasteiger partial charge in [0.25, 0.3) is 0 Å². The van der Waals surface area contributed by atoms with Gasteiger partial charge in [-0.2, -0.15) is 0 Å². The Balaban J connectivity index is 2.21. The summed E-state index contributed by atoms with van der Waals surface area (Å²) in [6.45, 7) is 13.0. The first-order valence-electron chi connectivity index (χ1n) is 8.63. The van der Waals surface area contributed by atoms with E-state index < -0.39 is 0 Å². The maximum Gasteiger partial charge on any atom is 0.126 e. The Bertz CT molecular complexity index is 816. The zero-order chi connectivity index (χ0) is 17.6. The van der Waals surface area contributed by atoms with Crippen LogP contribution in [0.5, 0.6) is 0 Å². The van der Waals surface area contributed by atoms with Crippen molar-refractivity contribution in [2.75, 3.05) is 11.9 Å². The quantitative estimate of drug-likeness (QED) is 0.791. The number of rotatable bonds is 2. The summed E-state index contributed by atoms with van der Waals surface area (Å²) in [5.41, 5.74) is 7.99. The van der Waals surface area contributed by atoms with E-state index in [0.29, 0.717) is 5.92 Å². The Morgan fingerprint density at radius 1 is 1.08 bits per heavy atom. The zero-order valence-corrected chi connectivity index (χ0v) is 15.8. The molecular weight excluding hydrogens is 294 g/mol. The first kappa shape index (κ1) is 16.7. The normalized spacial score (nSPS) is 16.2. The van der Waals surface area contributed by atoms with Gasteiger partial charge in [0.15, 0.2) is 0 Å². The van der Waals surface area contributed by atoms with Crippen molar-refractivity contribution in [3.05, 3.63) is 58.4 Å². The van der Waals surface area contributed by atoms with Crippen LogP contribution in [-0.4, -0.2) is 23.4 Å². The highest BCUT2D eigenvalue weighted by Gasteiger charge is 2.32. The minimum Gasteiger partial charge on any atom is -0.350 e. The van der Waals surface area contributed by atoms with Crippen molar-refractivity contribution < 1.29 is 0 Å². The fraction of sp³-hybridized carbons (Fsp3) is 0.429. The van der Waals surface area contributed by atoms with Crippen LogP contribution in [0.15, 0.2) is 35.5 Å². The van der Waals surface area contributed by atoms with E-state index in [4.69, 9.17) is 9.98 Å². The molecule has 0 unspecified atom stereocenters. The lowest BCUT2D eigenvalue weighted by molar-refractivity contribution is 0.506. The summed E-state index contributed by atoms with van der Waals surface area (Å²) >= 11 is 0. The van der Waals surface area contributed by atoms with Crippen LogP contribution in [0.25, 0.3) is 0 Å². The second-order valence-corrected chi connectivity index (χ2v) is 7.57. The lowest BCUT2D eigenvalue weighted by Crippen LogP contribution is -2.44. The second-order valence-electron chi connectivity index (χ2n) is 7.57. The lowest BCUT2D eigenvalue weighted by Gasteiger charge is -2.41. The third-order valence-corrected chi connectivity index (χ3v) is 4.97. The van der Waals surface area contributed by atoms with Gasteiger partial charge in [0, 0.05) is 30.1 Å². The topological polar surface area (TPSA) is 28.5 Å². The molecule has 3 rings (SSSR count). The number of hydrogen-bond donors (Lipinski definition) is 0. The molecule has 0 fully saturated rings. The van der Waals surface area contributed by atoms with Crippen molar-refractivity contribution in [3.8, 4) is 0 Å². The molecule has 1 aliphatic rings. The van der Waals surface area contributed by atoms with E-state index in [9.17, 15) is 0 Å². The van der Waals surface area contributed by atoms with Crippen LogP contribution in [0.3, 0.4) is 0 Å². The van der Waals surface area contributed by atoms with Crippen LogP contribution in [-0.2, 0) is 0 Å². The maximum absolute atomic E-state index is 5.07. The van der Waals surface area contributed by atoms with Crippen molar-refractivity contribution in [1.29, 1.82) is 0 Å². The standard InChI is InChI=1S/C21H27N3/c1-13(2)18-15(4)11-16(12-22-18)19-17-10-8-9-14(3)20(17)24(7)21(5,6)23-19/h8-13H,1-7H3. The molecule has 1 aromatic carbocycles. The highest BCUT2D eigenvalue weighted by atomic mass is 15.3. The number of nitrogens with zero attached hydrogens (tertiary/aromatic N) is 3. The number of fused-ring (bicyclic) bond motifs is 1. The van der Waals surface area contributed by atoms with Crippen LogP contribution in [0.4, 0.5) is 5.69 Å². The summed E-state index contributed by atoms with van der Waals surface area (Å²) in [4.78, 5) is 12.1. The Morgan fingerprint density at radius 3 is 2.42 bits per heavy atom. The molecule has 3 nitrogen and oxygen atoms in total. The molecule has 0 atom stereocenters. The van der Waals surface area contributed by atoms with E-state index in [1.54, 1.807) is 0 Å². The minimum atomic E-state index is -0.279. The van der Waals surface area contributed by atoms with E-state index in [1.807, 2.05) is 6.20 Å². The molecule has 0 saturated heterocycles. The smallest absolute Gasteiger partial charge is 0.126 e. The average molecular weight is 321 g/mol. The number of para-hydroxylation sites is 1. The summed E-state index contributed by atoms with van der Waals surface area (Å²) in [6, 6.07) is 8.67. The fourth-order valence-corrected chi connectivity index (χ4v) is 3.52. The molecule has 0 saturated carbocycles. The maximum atomic E-state index is 5.07. The first-order valence-corrected chi connectivity index (χ1v) is 8.63. The molecule has 3 heteroatoms. The molecule has 2 heterocycles. The number of aryl methyl sites for hydroxylation is 2. The lowest BCUT2D eigenvalue weighted by atomic mass is 9.92. The number of aliphatic imine (C=N–C) groups is 1. The van der Waals surface area contributed by atoms with Gasteiger partial charge < -0.3 is 4.90 Å². The Hall–Kier alpha value is -2.16. The van der Waals surface area contributed by atoms with Crippen molar-refractivity contribution >= 4 is 11.4 Å². The van der Waals surface area contributed by atoms with Crippen LogP contribution in [0, 0.1) is 13.8 Å². The number of anilines is 1. The summed E-state index contributed by atoms with van der Waals surface area (Å²) < 4.78 is 0. The van der Waals surface area contributed by atoms with Gasteiger partial charge in [-0.05, 0) is 50.8 Å². The van der Waals surface area contributed by atoms with Crippen molar-refractivity contribution in [1.82, 2.24) is 4.98 Å².